The Morgan fingerprint density at radius 2 is 1.42 bits per heavy atom. The van der Waals surface area contributed by atoms with Crippen LogP contribution in [0.15, 0.2) is 116 Å². The van der Waals surface area contributed by atoms with Crippen LogP contribution >= 0.6 is 11.6 Å². The summed E-state index contributed by atoms with van der Waals surface area (Å²) in [5.74, 6) is -0.321. The molecule has 2 atom stereocenters. The van der Waals surface area contributed by atoms with Crippen molar-refractivity contribution < 1.29 is 13.9 Å². The van der Waals surface area contributed by atoms with Gasteiger partial charge in [0, 0.05) is 18.6 Å². The first-order valence-electron chi connectivity index (χ1n) is 17.9. The van der Waals surface area contributed by atoms with E-state index in [1.807, 2.05) is 76.8 Å². The molecule has 0 amide bonds. The lowest BCUT2D eigenvalue weighted by molar-refractivity contribution is -0.157. The van der Waals surface area contributed by atoms with E-state index in [1.54, 1.807) is 6.20 Å². The third-order valence-corrected chi connectivity index (χ3v) is 11.4. The monoisotopic (exact) mass is 710 g/mol. The Kier molecular flexibility index (Phi) is 8.11. The molecule has 260 valence electrons. The number of esters is 1. The number of carbonyl (C=O) groups excluding carboxylic acids is 1. The van der Waals surface area contributed by atoms with Gasteiger partial charge in [-0.3, -0.25) is 4.79 Å². The van der Waals surface area contributed by atoms with Crippen molar-refractivity contribution in [3.8, 4) is 11.5 Å². The predicted molar refractivity (Wildman–Crippen MR) is 198 cm³/mol. The number of halogens is 2. The molecule has 0 aliphatic heterocycles. The van der Waals surface area contributed by atoms with Crippen molar-refractivity contribution in [3.63, 3.8) is 0 Å². The highest BCUT2D eigenvalue weighted by molar-refractivity contribution is 6.31. The van der Waals surface area contributed by atoms with Crippen LogP contribution in [-0.4, -0.2) is 41.9 Å². The van der Waals surface area contributed by atoms with Crippen LogP contribution in [0.1, 0.15) is 55.3 Å². The summed E-state index contributed by atoms with van der Waals surface area (Å²) in [5.41, 5.74) is 3.42. The summed E-state index contributed by atoms with van der Waals surface area (Å²) < 4.78 is 25.2. The Morgan fingerprint density at radius 1 is 0.827 bits per heavy atom. The first-order valence-corrected chi connectivity index (χ1v) is 18.3. The molecule has 2 unspecified atom stereocenters. The van der Waals surface area contributed by atoms with Crippen molar-refractivity contribution in [2.24, 2.45) is 17.8 Å². The zero-order valence-corrected chi connectivity index (χ0v) is 29.3. The van der Waals surface area contributed by atoms with E-state index >= 15 is 4.39 Å². The first-order chi connectivity index (χ1) is 25.5. The molecule has 3 fully saturated rings. The lowest BCUT2D eigenvalue weighted by Crippen LogP contribution is -2.45. The largest absolute Gasteiger partial charge is 0.466 e. The van der Waals surface area contributed by atoms with Crippen molar-refractivity contribution in [3.05, 3.63) is 143 Å². The van der Waals surface area contributed by atoms with E-state index < -0.39 is 11.4 Å². The first kappa shape index (κ1) is 32.5. The van der Waals surface area contributed by atoms with Gasteiger partial charge >= 0.3 is 5.97 Å². The normalized spacial score (nSPS) is 20.1. The fraction of sp³-hybridized carbons (Fsp3) is 0.262. The van der Waals surface area contributed by atoms with E-state index in [1.165, 1.54) is 12.4 Å². The van der Waals surface area contributed by atoms with Gasteiger partial charge in [-0.25, -0.2) is 24.0 Å². The SMILES string of the molecule is CCOC(=O)C1C2CCC(CC2)C1n1cc(F)c2cnc(-c3nn(C(c4ccccc4)(c4ccccc4)c4ccccc4)c4ncc(Cl)cc34)nc21. The van der Waals surface area contributed by atoms with E-state index in [2.05, 4.69) is 36.4 Å². The molecule has 52 heavy (non-hydrogen) atoms. The van der Waals surface area contributed by atoms with Crippen molar-refractivity contribution in [1.82, 2.24) is 29.3 Å². The second-order valence-corrected chi connectivity index (χ2v) is 14.3. The molecule has 3 aliphatic rings. The number of pyridine rings is 1. The molecule has 0 saturated heterocycles. The van der Waals surface area contributed by atoms with Crippen LogP contribution in [0.5, 0.6) is 0 Å². The number of nitrogens with zero attached hydrogens (tertiary/aromatic N) is 6. The number of ether oxygens (including phenoxy) is 1. The van der Waals surface area contributed by atoms with Crippen molar-refractivity contribution in [2.75, 3.05) is 6.61 Å². The molecule has 4 heterocycles. The van der Waals surface area contributed by atoms with Crippen LogP contribution in [0.2, 0.25) is 5.02 Å². The number of hydrogen-bond acceptors (Lipinski definition) is 6. The van der Waals surface area contributed by atoms with Crippen molar-refractivity contribution in [1.29, 1.82) is 0 Å². The maximum atomic E-state index is 15.8. The van der Waals surface area contributed by atoms with Gasteiger partial charge < -0.3 is 9.30 Å². The number of rotatable bonds is 8. The molecule has 2 bridgehead atoms. The fourth-order valence-electron chi connectivity index (χ4n) is 9.00. The quantitative estimate of drug-likeness (QED) is 0.116. The summed E-state index contributed by atoms with van der Waals surface area (Å²) in [7, 11) is 0. The molecule has 0 spiro atoms. The molecular formula is C42H36ClFN6O2. The van der Waals surface area contributed by atoms with Gasteiger partial charge in [0.2, 0.25) is 0 Å². The van der Waals surface area contributed by atoms with Crippen LogP contribution in [0.25, 0.3) is 33.6 Å². The van der Waals surface area contributed by atoms with E-state index in [-0.39, 0.29) is 29.8 Å². The van der Waals surface area contributed by atoms with Crippen molar-refractivity contribution in [2.45, 2.75) is 44.2 Å². The molecule has 8 nitrogen and oxygen atoms in total. The van der Waals surface area contributed by atoms with Crippen LogP contribution in [0.3, 0.4) is 0 Å². The summed E-state index contributed by atoms with van der Waals surface area (Å²) >= 11 is 6.65. The topological polar surface area (TPSA) is 87.7 Å². The van der Waals surface area contributed by atoms with Crippen molar-refractivity contribution >= 4 is 39.6 Å². The highest BCUT2D eigenvalue weighted by atomic mass is 35.5. The van der Waals surface area contributed by atoms with E-state index in [0.717, 1.165) is 42.4 Å². The average Bonchev–Trinajstić information content (AvgIpc) is 3.73. The molecule has 3 aromatic carbocycles. The number of carbonyl (C=O) groups is 1. The minimum absolute atomic E-state index is 0.186. The zero-order chi connectivity index (χ0) is 35.4. The van der Waals surface area contributed by atoms with Gasteiger partial charge in [0.1, 0.15) is 16.9 Å². The molecule has 3 aliphatic carbocycles. The minimum atomic E-state index is -0.967. The molecule has 7 aromatic rings. The Hall–Kier alpha value is -5.41. The minimum Gasteiger partial charge on any atom is -0.466 e. The number of fused-ring (bicyclic) bond motifs is 5. The molecule has 0 radical (unpaired) electrons. The van der Waals surface area contributed by atoms with Gasteiger partial charge in [-0.1, -0.05) is 103 Å². The standard InChI is InChI=1S/C42H36ClFN6O2/c1-2-52-41(51)35-26-18-20-27(21-19-26)37(35)49-25-34(44)33-24-45-38(47-40(33)49)36-32-22-31(43)23-46-39(32)50(48-36)42(28-12-6-3-7-13-28,29-14-8-4-9-15-29)30-16-10-5-11-17-30/h3-17,22-27,35,37H,2,18-21H2,1H3. The molecule has 3 saturated carbocycles. The van der Waals surface area contributed by atoms with Crippen LogP contribution in [-0.2, 0) is 15.1 Å². The lowest BCUT2D eigenvalue weighted by atomic mass is 9.61. The Bertz CT molecular complexity index is 2310. The predicted octanol–water partition coefficient (Wildman–Crippen LogP) is 9.02. The summed E-state index contributed by atoms with van der Waals surface area (Å²) in [6.07, 6.45) is 8.52. The zero-order valence-electron chi connectivity index (χ0n) is 28.6. The van der Waals surface area contributed by atoms with E-state index in [9.17, 15) is 4.79 Å². The second kappa shape index (κ2) is 13.0. The van der Waals surface area contributed by atoms with Gasteiger partial charge in [0.05, 0.1) is 34.4 Å². The third kappa shape index (κ3) is 5.05. The Morgan fingerprint density at radius 3 is 2.02 bits per heavy atom. The smallest absolute Gasteiger partial charge is 0.311 e. The molecule has 0 N–H and O–H groups in total. The van der Waals surface area contributed by atoms with Crippen LogP contribution in [0, 0.1) is 23.6 Å². The average molecular weight is 711 g/mol. The Balaban J connectivity index is 1.30. The number of aromatic nitrogens is 6. The maximum Gasteiger partial charge on any atom is 0.311 e. The summed E-state index contributed by atoms with van der Waals surface area (Å²) in [6.45, 7) is 2.13. The van der Waals surface area contributed by atoms with E-state index in [4.69, 9.17) is 36.4 Å². The fourth-order valence-corrected chi connectivity index (χ4v) is 9.16. The number of benzene rings is 3. The summed E-state index contributed by atoms with van der Waals surface area (Å²) in [6, 6.07) is 32.3. The van der Waals surface area contributed by atoms with Crippen LogP contribution < -0.4 is 0 Å². The lowest BCUT2D eigenvalue weighted by Gasteiger charge is -2.47. The highest BCUT2D eigenvalue weighted by Crippen LogP contribution is 2.53. The Labute approximate surface area is 305 Å². The van der Waals surface area contributed by atoms with E-state index in [0.29, 0.717) is 45.2 Å². The molecular weight excluding hydrogens is 675 g/mol. The number of hydrogen-bond donors (Lipinski definition) is 0. The van der Waals surface area contributed by atoms with Gasteiger partial charge in [0.15, 0.2) is 17.3 Å². The highest BCUT2D eigenvalue weighted by Gasteiger charge is 2.49. The van der Waals surface area contributed by atoms with Gasteiger partial charge in [0.25, 0.3) is 0 Å². The third-order valence-electron chi connectivity index (χ3n) is 11.2. The van der Waals surface area contributed by atoms with Gasteiger partial charge in [-0.2, -0.15) is 5.10 Å². The molecule has 10 heteroatoms. The van der Waals surface area contributed by atoms with Crippen LogP contribution in [0.4, 0.5) is 4.39 Å². The van der Waals surface area contributed by atoms with Gasteiger partial charge in [-0.15, -0.1) is 0 Å². The molecule has 4 aromatic heterocycles. The second-order valence-electron chi connectivity index (χ2n) is 13.9. The summed E-state index contributed by atoms with van der Waals surface area (Å²) in [5, 5.41) is 6.73. The molecule has 10 rings (SSSR count). The maximum absolute atomic E-state index is 15.8. The summed E-state index contributed by atoms with van der Waals surface area (Å²) in [4.78, 5) is 28.1. The van der Waals surface area contributed by atoms with Gasteiger partial charge in [-0.05, 0) is 67.2 Å².